The molecule has 0 aromatic heterocycles. The molecule has 1 aliphatic rings. The average Bonchev–Trinajstić information content (AvgIpc) is 2.86. The van der Waals surface area contributed by atoms with Crippen molar-refractivity contribution in [2.75, 3.05) is 12.8 Å². The Labute approximate surface area is 130 Å². The lowest BCUT2D eigenvalue weighted by Gasteiger charge is -2.29. The van der Waals surface area contributed by atoms with Crippen molar-refractivity contribution in [3.05, 3.63) is 35.4 Å². The van der Waals surface area contributed by atoms with Gasteiger partial charge in [0.05, 0.1) is 11.3 Å². The van der Waals surface area contributed by atoms with Gasteiger partial charge in [-0.05, 0) is 24.6 Å². The number of carbonyl (C=O) groups is 2. The molecular weight excluding hydrogens is 317 g/mol. The molecule has 0 spiro atoms. The van der Waals surface area contributed by atoms with E-state index in [1.165, 1.54) is 35.8 Å². The zero-order chi connectivity index (χ0) is 16.5. The lowest BCUT2D eigenvalue weighted by Crippen LogP contribution is -2.45. The van der Waals surface area contributed by atoms with E-state index < -0.39 is 23.2 Å². The van der Waals surface area contributed by atoms with Crippen LogP contribution in [0.2, 0.25) is 0 Å². The summed E-state index contributed by atoms with van der Waals surface area (Å²) in [5.74, 6) is -0.314. The van der Waals surface area contributed by atoms with Crippen LogP contribution in [0.4, 0.5) is 13.2 Å². The first kappa shape index (κ1) is 16.7. The van der Waals surface area contributed by atoms with Crippen LogP contribution in [-0.2, 0) is 15.8 Å². The van der Waals surface area contributed by atoms with Gasteiger partial charge < -0.3 is 10.2 Å². The molecule has 4 nitrogen and oxygen atoms in total. The average molecular weight is 332 g/mol. The van der Waals surface area contributed by atoms with Crippen LogP contribution in [0.15, 0.2) is 24.3 Å². The van der Waals surface area contributed by atoms with Crippen molar-refractivity contribution in [3.63, 3.8) is 0 Å². The van der Waals surface area contributed by atoms with Crippen LogP contribution in [-0.4, -0.2) is 35.6 Å². The molecule has 1 heterocycles. The maximum absolute atomic E-state index is 12.6. The second kappa shape index (κ2) is 6.20. The van der Waals surface area contributed by atoms with Gasteiger partial charge in [0.15, 0.2) is 0 Å². The van der Waals surface area contributed by atoms with E-state index in [1.54, 1.807) is 6.92 Å². The summed E-state index contributed by atoms with van der Waals surface area (Å²) in [6, 6.07) is 3.99. The van der Waals surface area contributed by atoms with E-state index in [0.717, 1.165) is 12.1 Å². The van der Waals surface area contributed by atoms with Gasteiger partial charge in [-0.3, -0.25) is 9.59 Å². The number of hydrogen-bond acceptors (Lipinski definition) is 3. The smallest absolute Gasteiger partial charge is 0.357 e. The van der Waals surface area contributed by atoms with Crippen LogP contribution in [0, 0.1) is 0 Å². The molecule has 8 heteroatoms. The quantitative estimate of drug-likeness (QED) is 0.925. The van der Waals surface area contributed by atoms with Crippen molar-refractivity contribution in [2.45, 2.75) is 24.5 Å². The van der Waals surface area contributed by atoms with Crippen molar-refractivity contribution in [1.82, 2.24) is 10.2 Å². The SMILES string of the molecule is CNC(=O)[C@H](C)N1C(=O)CS[C@H]1c1ccc(C(F)(F)F)cc1. The molecule has 2 atom stereocenters. The minimum atomic E-state index is -4.40. The van der Waals surface area contributed by atoms with Crippen LogP contribution in [0.3, 0.4) is 0 Å². The standard InChI is InChI=1S/C14H15F3N2O2S/c1-8(12(21)18-2)19-11(20)7-22-13(19)9-3-5-10(6-4-9)14(15,16)17/h3-6,8,13H,7H2,1-2H3,(H,18,21)/t8-,13-/m0/s1. The van der Waals surface area contributed by atoms with Crippen LogP contribution >= 0.6 is 11.8 Å². The van der Waals surface area contributed by atoms with Gasteiger partial charge in [-0.2, -0.15) is 13.2 Å². The number of rotatable bonds is 3. The predicted molar refractivity (Wildman–Crippen MR) is 77.0 cm³/mol. The van der Waals surface area contributed by atoms with Crippen molar-refractivity contribution in [3.8, 4) is 0 Å². The summed E-state index contributed by atoms with van der Waals surface area (Å²) in [5, 5.41) is 2.02. The number of nitrogens with one attached hydrogen (secondary N) is 1. The first-order chi connectivity index (χ1) is 10.3. The van der Waals surface area contributed by atoms with Crippen LogP contribution in [0.1, 0.15) is 23.4 Å². The molecule has 1 aliphatic heterocycles. The predicted octanol–water partition coefficient (Wildman–Crippen LogP) is 2.41. The molecule has 1 aromatic rings. The monoisotopic (exact) mass is 332 g/mol. The number of thioether (sulfide) groups is 1. The van der Waals surface area contributed by atoms with E-state index in [2.05, 4.69) is 5.32 Å². The lowest BCUT2D eigenvalue weighted by atomic mass is 10.1. The largest absolute Gasteiger partial charge is 0.416 e. The Balaban J connectivity index is 2.27. The molecule has 120 valence electrons. The van der Waals surface area contributed by atoms with E-state index in [9.17, 15) is 22.8 Å². The number of carbonyl (C=O) groups excluding carboxylic acids is 2. The third-order valence-electron chi connectivity index (χ3n) is 3.47. The van der Waals surface area contributed by atoms with Crippen LogP contribution < -0.4 is 5.32 Å². The molecule has 2 amide bonds. The topological polar surface area (TPSA) is 49.4 Å². The van der Waals surface area contributed by atoms with Gasteiger partial charge in [0.2, 0.25) is 11.8 Å². The lowest BCUT2D eigenvalue weighted by molar-refractivity contribution is -0.138. The molecule has 0 aliphatic carbocycles. The highest BCUT2D eigenvalue weighted by Gasteiger charge is 2.39. The summed E-state index contributed by atoms with van der Waals surface area (Å²) in [5.41, 5.74) is -0.170. The highest BCUT2D eigenvalue weighted by atomic mass is 32.2. The van der Waals surface area contributed by atoms with Gasteiger partial charge >= 0.3 is 6.18 Å². The van der Waals surface area contributed by atoms with Gasteiger partial charge in [-0.1, -0.05) is 12.1 Å². The van der Waals surface area contributed by atoms with E-state index in [4.69, 9.17) is 0 Å². The summed E-state index contributed by atoms with van der Waals surface area (Å²) in [7, 11) is 1.47. The first-order valence-corrected chi connectivity index (χ1v) is 7.62. The number of amides is 2. The fraction of sp³-hybridized carbons (Fsp3) is 0.429. The summed E-state index contributed by atoms with van der Waals surface area (Å²) < 4.78 is 37.8. The van der Waals surface area contributed by atoms with Crippen LogP contribution in [0.5, 0.6) is 0 Å². The van der Waals surface area contributed by atoms with Gasteiger partial charge in [0, 0.05) is 7.05 Å². The minimum absolute atomic E-state index is 0.201. The fourth-order valence-corrected chi connectivity index (χ4v) is 3.54. The molecule has 0 bridgehead atoms. The molecule has 0 unspecified atom stereocenters. The Bertz CT molecular complexity index is 574. The molecule has 0 saturated carbocycles. The molecule has 2 rings (SSSR count). The minimum Gasteiger partial charge on any atom is -0.357 e. The normalized spacial score (nSPS) is 20.1. The number of halogens is 3. The highest BCUT2D eigenvalue weighted by molar-refractivity contribution is 8.00. The van der Waals surface area contributed by atoms with Crippen LogP contribution in [0.25, 0.3) is 0 Å². The molecule has 1 fully saturated rings. The molecule has 0 radical (unpaired) electrons. The first-order valence-electron chi connectivity index (χ1n) is 6.57. The molecule has 1 saturated heterocycles. The Morgan fingerprint density at radius 3 is 2.45 bits per heavy atom. The number of alkyl halides is 3. The zero-order valence-corrected chi connectivity index (χ0v) is 12.8. The van der Waals surface area contributed by atoms with Gasteiger partial charge in [0.1, 0.15) is 11.4 Å². The van der Waals surface area contributed by atoms with Gasteiger partial charge in [-0.25, -0.2) is 0 Å². The van der Waals surface area contributed by atoms with Crippen molar-refractivity contribution in [1.29, 1.82) is 0 Å². The molecule has 1 aromatic carbocycles. The van der Waals surface area contributed by atoms with Gasteiger partial charge in [0.25, 0.3) is 0 Å². The fourth-order valence-electron chi connectivity index (χ4n) is 2.28. The highest BCUT2D eigenvalue weighted by Crippen LogP contribution is 2.40. The Hall–Kier alpha value is -1.70. The molecule has 1 N–H and O–H groups in total. The van der Waals surface area contributed by atoms with E-state index >= 15 is 0 Å². The van der Waals surface area contributed by atoms with E-state index in [0.29, 0.717) is 5.56 Å². The molecular formula is C14H15F3N2O2S. The summed E-state index contributed by atoms with van der Waals surface area (Å²) in [4.78, 5) is 25.1. The van der Waals surface area contributed by atoms with Gasteiger partial charge in [-0.15, -0.1) is 11.8 Å². The second-order valence-electron chi connectivity index (χ2n) is 4.87. The summed E-state index contributed by atoms with van der Waals surface area (Å²) in [6.07, 6.45) is -4.40. The Morgan fingerprint density at radius 1 is 1.36 bits per heavy atom. The number of hydrogen-bond donors (Lipinski definition) is 1. The summed E-state index contributed by atoms with van der Waals surface area (Å²) >= 11 is 1.30. The summed E-state index contributed by atoms with van der Waals surface area (Å²) in [6.45, 7) is 1.60. The number of nitrogens with zero attached hydrogens (tertiary/aromatic N) is 1. The van der Waals surface area contributed by atoms with E-state index in [1.807, 2.05) is 0 Å². The third-order valence-corrected chi connectivity index (χ3v) is 4.70. The Morgan fingerprint density at radius 2 is 1.95 bits per heavy atom. The number of likely N-dealkylation sites (N-methyl/N-ethyl adjacent to an activating group) is 1. The second-order valence-corrected chi connectivity index (χ2v) is 5.94. The van der Waals surface area contributed by atoms with Crippen molar-refractivity contribution >= 4 is 23.6 Å². The zero-order valence-electron chi connectivity index (χ0n) is 12.0. The number of benzene rings is 1. The van der Waals surface area contributed by atoms with Crippen molar-refractivity contribution in [2.24, 2.45) is 0 Å². The maximum atomic E-state index is 12.6. The third kappa shape index (κ3) is 3.21. The maximum Gasteiger partial charge on any atom is 0.416 e. The van der Waals surface area contributed by atoms with Crippen molar-refractivity contribution < 1.29 is 22.8 Å². The van der Waals surface area contributed by atoms with E-state index in [-0.39, 0.29) is 17.6 Å². The Kier molecular flexibility index (Phi) is 4.69. The molecule has 22 heavy (non-hydrogen) atoms.